The van der Waals surface area contributed by atoms with E-state index in [2.05, 4.69) is 5.10 Å². The highest BCUT2D eigenvalue weighted by Crippen LogP contribution is 2.34. The first-order valence-electron chi connectivity index (χ1n) is 6.08. The second-order valence-electron chi connectivity index (χ2n) is 4.57. The van der Waals surface area contributed by atoms with Gasteiger partial charge in [-0.2, -0.15) is 5.10 Å². The molecule has 3 rings (SSSR count). The van der Waals surface area contributed by atoms with E-state index in [1.165, 1.54) is 24.2 Å². The molecule has 1 fully saturated rings. The van der Waals surface area contributed by atoms with E-state index in [1.54, 1.807) is 0 Å². The molecule has 2 aromatic rings. The molecular weight excluding hydrogens is 268 g/mol. The van der Waals surface area contributed by atoms with E-state index in [9.17, 15) is 4.79 Å². The molecule has 0 unspecified atom stereocenters. The Balaban J connectivity index is 2.00. The molecule has 5 heteroatoms. The number of thiophene rings is 1. The van der Waals surface area contributed by atoms with Crippen molar-refractivity contribution < 1.29 is 4.79 Å². The number of carbonyl (C=O) groups excluding carboxylic acids is 1. The quantitative estimate of drug-likeness (QED) is 0.790. The van der Waals surface area contributed by atoms with Gasteiger partial charge in [-0.15, -0.1) is 11.3 Å². The molecule has 0 amide bonds. The summed E-state index contributed by atoms with van der Waals surface area (Å²) in [6.07, 6.45) is 7.56. The van der Waals surface area contributed by atoms with Crippen molar-refractivity contribution in [3.63, 3.8) is 0 Å². The minimum absolute atomic E-state index is 0.452. The Bertz CT molecular complexity index is 569. The van der Waals surface area contributed by atoms with E-state index >= 15 is 0 Å². The van der Waals surface area contributed by atoms with Crippen LogP contribution in [-0.2, 0) is 0 Å². The van der Waals surface area contributed by atoms with Crippen molar-refractivity contribution in [1.29, 1.82) is 0 Å². The number of carbonyl (C=O) groups is 1. The van der Waals surface area contributed by atoms with Gasteiger partial charge in [0.15, 0.2) is 6.29 Å². The van der Waals surface area contributed by atoms with Crippen LogP contribution in [0, 0.1) is 0 Å². The number of aromatic nitrogens is 2. The van der Waals surface area contributed by atoms with Gasteiger partial charge < -0.3 is 0 Å². The van der Waals surface area contributed by atoms with E-state index in [1.807, 2.05) is 23.0 Å². The van der Waals surface area contributed by atoms with E-state index < -0.39 is 0 Å². The molecule has 2 heterocycles. The molecule has 18 heavy (non-hydrogen) atoms. The largest absolute Gasteiger partial charge is 0.298 e. The Labute approximate surface area is 114 Å². The number of rotatable bonds is 3. The van der Waals surface area contributed by atoms with Crippen LogP contribution < -0.4 is 0 Å². The molecule has 2 aromatic heterocycles. The fourth-order valence-electron chi connectivity index (χ4n) is 2.48. The maximum absolute atomic E-state index is 11.2. The molecule has 3 nitrogen and oxygen atoms in total. The predicted molar refractivity (Wildman–Crippen MR) is 73.4 cm³/mol. The Hall–Kier alpha value is -1.13. The van der Waals surface area contributed by atoms with E-state index in [4.69, 9.17) is 11.6 Å². The number of hydrogen-bond donors (Lipinski definition) is 0. The maximum atomic E-state index is 11.2. The van der Waals surface area contributed by atoms with Gasteiger partial charge in [0.25, 0.3) is 0 Å². The van der Waals surface area contributed by atoms with Gasteiger partial charge in [0, 0.05) is 6.20 Å². The van der Waals surface area contributed by atoms with Crippen molar-refractivity contribution in [2.75, 3.05) is 0 Å². The van der Waals surface area contributed by atoms with E-state index in [0.717, 1.165) is 34.0 Å². The first-order valence-corrected chi connectivity index (χ1v) is 7.27. The van der Waals surface area contributed by atoms with Crippen LogP contribution >= 0.6 is 22.9 Å². The van der Waals surface area contributed by atoms with Crippen LogP contribution in [0.1, 0.15) is 42.1 Å². The molecule has 0 radical (unpaired) electrons. The fourth-order valence-corrected chi connectivity index (χ4v) is 3.53. The van der Waals surface area contributed by atoms with Crippen LogP contribution in [0.2, 0.25) is 4.34 Å². The van der Waals surface area contributed by atoms with Gasteiger partial charge in [-0.05, 0) is 25.0 Å². The van der Waals surface area contributed by atoms with Gasteiger partial charge in [-0.25, -0.2) is 0 Å². The summed E-state index contributed by atoms with van der Waals surface area (Å²) < 4.78 is 2.68. The van der Waals surface area contributed by atoms with E-state index in [-0.39, 0.29) is 0 Å². The molecular formula is C13H13ClN2OS. The Kier molecular flexibility index (Phi) is 3.22. The summed E-state index contributed by atoms with van der Waals surface area (Å²) in [5, 5.41) is 4.58. The second kappa shape index (κ2) is 4.86. The average Bonchev–Trinajstić information content (AvgIpc) is 3.07. The van der Waals surface area contributed by atoms with Crippen LogP contribution in [0.3, 0.4) is 0 Å². The third kappa shape index (κ3) is 2.10. The first kappa shape index (κ1) is 11.9. The molecule has 1 aliphatic rings. The Morgan fingerprint density at radius 2 is 2.17 bits per heavy atom. The highest BCUT2D eigenvalue weighted by Gasteiger charge is 2.20. The summed E-state index contributed by atoms with van der Waals surface area (Å²) in [6.45, 7) is 0. The van der Waals surface area contributed by atoms with Gasteiger partial charge in [-0.3, -0.25) is 9.48 Å². The summed E-state index contributed by atoms with van der Waals surface area (Å²) in [6, 6.07) is 4.21. The number of hydrogen-bond acceptors (Lipinski definition) is 3. The van der Waals surface area contributed by atoms with Crippen molar-refractivity contribution in [1.82, 2.24) is 9.78 Å². The minimum atomic E-state index is 0.452. The van der Waals surface area contributed by atoms with Crippen LogP contribution in [0.5, 0.6) is 0 Å². The molecule has 1 saturated carbocycles. The molecule has 0 aliphatic heterocycles. The first-order chi connectivity index (χ1) is 8.78. The van der Waals surface area contributed by atoms with Crippen molar-refractivity contribution in [2.45, 2.75) is 31.7 Å². The van der Waals surface area contributed by atoms with Crippen LogP contribution in [-0.4, -0.2) is 16.1 Å². The van der Waals surface area contributed by atoms with Crippen molar-refractivity contribution in [2.24, 2.45) is 0 Å². The van der Waals surface area contributed by atoms with Crippen LogP contribution in [0.25, 0.3) is 10.6 Å². The molecule has 0 spiro atoms. The van der Waals surface area contributed by atoms with Crippen molar-refractivity contribution in [3.8, 4) is 10.6 Å². The van der Waals surface area contributed by atoms with Gasteiger partial charge in [0.05, 0.1) is 20.8 Å². The normalized spacial score (nSPS) is 16.3. The lowest BCUT2D eigenvalue weighted by atomic mass is 10.2. The number of nitrogens with zero attached hydrogens (tertiary/aromatic N) is 2. The SMILES string of the molecule is O=Cc1cn(C2CCCC2)nc1-c1ccc(Cl)s1. The molecule has 1 aliphatic carbocycles. The highest BCUT2D eigenvalue weighted by molar-refractivity contribution is 7.19. The molecule has 0 saturated heterocycles. The van der Waals surface area contributed by atoms with Gasteiger partial charge in [0.1, 0.15) is 5.69 Å². The third-order valence-electron chi connectivity index (χ3n) is 3.39. The van der Waals surface area contributed by atoms with Crippen molar-refractivity contribution in [3.05, 3.63) is 28.2 Å². The monoisotopic (exact) mass is 280 g/mol. The summed E-state index contributed by atoms with van der Waals surface area (Å²) in [5.74, 6) is 0. The summed E-state index contributed by atoms with van der Waals surface area (Å²) in [5.41, 5.74) is 1.41. The lowest BCUT2D eigenvalue weighted by Gasteiger charge is -2.08. The maximum Gasteiger partial charge on any atom is 0.153 e. The highest BCUT2D eigenvalue weighted by atomic mass is 35.5. The topological polar surface area (TPSA) is 34.9 Å². The van der Waals surface area contributed by atoms with E-state index in [0.29, 0.717) is 11.6 Å². The molecule has 0 bridgehead atoms. The van der Waals surface area contributed by atoms with Gasteiger partial charge in [-0.1, -0.05) is 24.4 Å². The smallest absolute Gasteiger partial charge is 0.153 e. The summed E-state index contributed by atoms with van der Waals surface area (Å²) in [4.78, 5) is 12.1. The molecule has 0 atom stereocenters. The average molecular weight is 281 g/mol. The lowest BCUT2D eigenvalue weighted by molar-refractivity contribution is 0.112. The standard InChI is InChI=1S/C13H13ClN2OS/c14-12-6-5-11(18-12)13-9(8-17)7-16(15-13)10-3-1-2-4-10/h5-8,10H,1-4H2. The fraction of sp³-hybridized carbons (Fsp3) is 0.385. The minimum Gasteiger partial charge on any atom is -0.298 e. The number of halogens is 1. The number of aldehydes is 1. The van der Waals surface area contributed by atoms with Crippen molar-refractivity contribution >= 4 is 29.2 Å². The lowest BCUT2D eigenvalue weighted by Crippen LogP contribution is -2.04. The summed E-state index contributed by atoms with van der Waals surface area (Å²) >= 11 is 7.39. The Morgan fingerprint density at radius 1 is 1.39 bits per heavy atom. The zero-order chi connectivity index (χ0) is 12.5. The zero-order valence-electron chi connectivity index (χ0n) is 9.80. The summed E-state index contributed by atoms with van der Waals surface area (Å²) in [7, 11) is 0. The molecule has 0 aromatic carbocycles. The predicted octanol–water partition coefficient (Wildman–Crippen LogP) is 4.19. The van der Waals surface area contributed by atoms with Crippen LogP contribution in [0.4, 0.5) is 0 Å². The Morgan fingerprint density at radius 3 is 2.78 bits per heavy atom. The van der Waals surface area contributed by atoms with Gasteiger partial charge in [0.2, 0.25) is 0 Å². The van der Waals surface area contributed by atoms with Gasteiger partial charge >= 0.3 is 0 Å². The molecule has 0 N–H and O–H groups in total. The third-order valence-corrected chi connectivity index (χ3v) is 4.63. The molecule has 94 valence electrons. The zero-order valence-corrected chi connectivity index (χ0v) is 11.4. The van der Waals surface area contributed by atoms with Crippen LogP contribution in [0.15, 0.2) is 18.3 Å². The second-order valence-corrected chi connectivity index (χ2v) is 6.29.